The van der Waals surface area contributed by atoms with Gasteiger partial charge in [-0.15, -0.1) is 11.3 Å². The summed E-state index contributed by atoms with van der Waals surface area (Å²) in [4.78, 5) is 18.6. The fraction of sp³-hybridized carbons (Fsp3) is 0.333. The van der Waals surface area contributed by atoms with E-state index < -0.39 is 0 Å². The SMILES string of the molecule is O=c1c2ccccc2cnn1CN1CCN(Cc2ccc(Cl)s2)CC1. The van der Waals surface area contributed by atoms with Gasteiger partial charge in [0, 0.05) is 43.0 Å². The normalized spacial score (nSPS) is 16.5. The Kier molecular flexibility index (Phi) is 4.85. The number of hydrogen-bond acceptors (Lipinski definition) is 5. The number of nitrogens with zero attached hydrogens (tertiary/aromatic N) is 4. The van der Waals surface area contributed by atoms with E-state index in [1.54, 1.807) is 22.2 Å². The molecule has 1 fully saturated rings. The van der Waals surface area contributed by atoms with Crippen LogP contribution in [0.4, 0.5) is 0 Å². The number of aromatic nitrogens is 2. The molecular weight excluding hydrogens is 356 g/mol. The van der Waals surface area contributed by atoms with Crippen molar-refractivity contribution in [2.24, 2.45) is 0 Å². The molecule has 1 aliphatic rings. The first-order chi connectivity index (χ1) is 12.2. The number of rotatable bonds is 4. The monoisotopic (exact) mass is 374 g/mol. The van der Waals surface area contributed by atoms with Crippen LogP contribution in [0.15, 0.2) is 47.4 Å². The predicted octanol–water partition coefficient (Wildman–Crippen LogP) is 2.89. The van der Waals surface area contributed by atoms with Gasteiger partial charge in [-0.05, 0) is 18.2 Å². The molecule has 5 nitrogen and oxygen atoms in total. The van der Waals surface area contributed by atoms with Crippen molar-refractivity contribution in [1.29, 1.82) is 0 Å². The second-order valence-electron chi connectivity index (χ2n) is 6.28. The molecule has 7 heteroatoms. The summed E-state index contributed by atoms with van der Waals surface area (Å²) in [6.45, 7) is 5.32. The third-order valence-corrected chi connectivity index (χ3v) is 5.78. The van der Waals surface area contributed by atoms with Crippen LogP contribution >= 0.6 is 22.9 Å². The minimum Gasteiger partial charge on any atom is -0.296 e. The second-order valence-corrected chi connectivity index (χ2v) is 8.08. The van der Waals surface area contributed by atoms with Gasteiger partial charge < -0.3 is 0 Å². The molecule has 4 rings (SSSR count). The van der Waals surface area contributed by atoms with Crippen molar-refractivity contribution >= 4 is 33.7 Å². The van der Waals surface area contributed by atoms with E-state index in [1.165, 1.54) is 4.88 Å². The molecule has 130 valence electrons. The summed E-state index contributed by atoms with van der Waals surface area (Å²) in [7, 11) is 0. The van der Waals surface area contributed by atoms with Crippen LogP contribution < -0.4 is 5.56 Å². The average molecular weight is 375 g/mol. The zero-order valence-electron chi connectivity index (χ0n) is 13.8. The van der Waals surface area contributed by atoms with E-state index in [2.05, 4.69) is 21.0 Å². The first-order valence-electron chi connectivity index (χ1n) is 8.33. The van der Waals surface area contributed by atoms with Crippen molar-refractivity contribution < 1.29 is 0 Å². The molecule has 25 heavy (non-hydrogen) atoms. The first kappa shape index (κ1) is 16.7. The highest BCUT2D eigenvalue weighted by atomic mass is 35.5. The van der Waals surface area contributed by atoms with Crippen LogP contribution in [0, 0.1) is 0 Å². The lowest BCUT2D eigenvalue weighted by atomic mass is 10.2. The Morgan fingerprint density at radius 3 is 2.56 bits per heavy atom. The van der Waals surface area contributed by atoms with Gasteiger partial charge in [-0.25, -0.2) is 4.68 Å². The standard InChI is InChI=1S/C18H19ClN4OS/c19-17-6-5-15(25-17)12-21-7-9-22(10-8-21)13-23-18(24)16-4-2-1-3-14(16)11-20-23/h1-6,11H,7-10,12-13H2. The van der Waals surface area contributed by atoms with Crippen LogP contribution in [0.2, 0.25) is 4.34 Å². The molecule has 0 aliphatic carbocycles. The minimum atomic E-state index is -0.0197. The lowest BCUT2D eigenvalue weighted by Gasteiger charge is -2.34. The van der Waals surface area contributed by atoms with Crippen molar-refractivity contribution in [1.82, 2.24) is 19.6 Å². The van der Waals surface area contributed by atoms with Gasteiger partial charge in [-0.3, -0.25) is 14.6 Å². The van der Waals surface area contributed by atoms with Gasteiger partial charge in [0.25, 0.3) is 5.56 Å². The van der Waals surface area contributed by atoms with E-state index in [-0.39, 0.29) is 5.56 Å². The Bertz CT molecular complexity index is 930. The summed E-state index contributed by atoms with van der Waals surface area (Å²) >= 11 is 7.64. The molecule has 1 aliphatic heterocycles. The molecule has 0 amide bonds. The van der Waals surface area contributed by atoms with Gasteiger partial charge >= 0.3 is 0 Å². The van der Waals surface area contributed by atoms with Crippen molar-refractivity contribution in [3.8, 4) is 0 Å². The number of piperazine rings is 1. The first-order valence-corrected chi connectivity index (χ1v) is 9.52. The Labute approximate surface area is 155 Å². The fourth-order valence-corrected chi connectivity index (χ4v) is 4.29. The topological polar surface area (TPSA) is 41.4 Å². The van der Waals surface area contributed by atoms with Gasteiger partial charge in [0.05, 0.1) is 22.6 Å². The molecule has 2 aromatic heterocycles. The van der Waals surface area contributed by atoms with E-state index in [1.807, 2.05) is 30.3 Å². The van der Waals surface area contributed by atoms with E-state index >= 15 is 0 Å². The van der Waals surface area contributed by atoms with Crippen LogP contribution in [0.25, 0.3) is 10.8 Å². The molecule has 0 bridgehead atoms. The highest BCUT2D eigenvalue weighted by Crippen LogP contribution is 2.23. The third-order valence-electron chi connectivity index (χ3n) is 4.57. The maximum absolute atomic E-state index is 12.6. The molecule has 0 radical (unpaired) electrons. The number of benzene rings is 1. The summed E-state index contributed by atoms with van der Waals surface area (Å²) in [5.74, 6) is 0. The van der Waals surface area contributed by atoms with Crippen LogP contribution in [0.3, 0.4) is 0 Å². The summed E-state index contributed by atoms with van der Waals surface area (Å²) in [6, 6.07) is 11.6. The van der Waals surface area contributed by atoms with Crippen molar-refractivity contribution in [3.63, 3.8) is 0 Å². The Hall–Kier alpha value is -1.73. The molecule has 0 atom stereocenters. The summed E-state index contributed by atoms with van der Waals surface area (Å²) in [6.07, 6.45) is 1.77. The fourth-order valence-electron chi connectivity index (χ4n) is 3.16. The zero-order chi connectivity index (χ0) is 17.2. The number of hydrogen-bond donors (Lipinski definition) is 0. The van der Waals surface area contributed by atoms with E-state index in [0.29, 0.717) is 6.67 Å². The minimum absolute atomic E-state index is 0.0197. The van der Waals surface area contributed by atoms with Gasteiger partial charge in [0.1, 0.15) is 0 Å². The largest absolute Gasteiger partial charge is 0.296 e. The Morgan fingerprint density at radius 2 is 1.80 bits per heavy atom. The van der Waals surface area contributed by atoms with Crippen LogP contribution in [-0.4, -0.2) is 45.8 Å². The highest BCUT2D eigenvalue weighted by Gasteiger charge is 2.18. The van der Waals surface area contributed by atoms with Crippen molar-refractivity contribution in [2.45, 2.75) is 13.2 Å². The van der Waals surface area contributed by atoms with Gasteiger partial charge in [0.2, 0.25) is 0 Å². The molecule has 0 spiro atoms. The quantitative estimate of drug-likeness (QED) is 0.704. The summed E-state index contributed by atoms with van der Waals surface area (Å²) < 4.78 is 2.41. The maximum atomic E-state index is 12.6. The zero-order valence-corrected chi connectivity index (χ0v) is 15.3. The smallest absolute Gasteiger partial charge is 0.275 e. The lowest BCUT2D eigenvalue weighted by molar-refractivity contribution is 0.0978. The van der Waals surface area contributed by atoms with Crippen molar-refractivity contribution in [3.05, 3.63) is 62.2 Å². The average Bonchev–Trinajstić information content (AvgIpc) is 3.04. The van der Waals surface area contributed by atoms with E-state index in [0.717, 1.165) is 47.8 Å². The highest BCUT2D eigenvalue weighted by molar-refractivity contribution is 7.16. The number of thiophene rings is 1. The summed E-state index contributed by atoms with van der Waals surface area (Å²) in [5, 5.41) is 5.95. The molecular formula is C18H19ClN4OS. The van der Waals surface area contributed by atoms with Crippen LogP contribution in [-0.2, 0) is 13.2 Å². The lowest BCUT2D eigenvalue weighted by Crippen LogP contribution is -2.47. The van der Waals surface area contributed by atoms with Gasteiger partial charge in [-0.2, -0.15) is 5.10 Å². The van der Waals surface area contributed by atoms with Gasteiger partial charge in [0.15, 0.2) is 0 Å². The van der Waals surface area contributed by atoms with E-state index in [4.69, 9.17) is 11.6 Å². The van der Waals surface area contributed by atoms with E-state index in [9.17, 15) is 4.79 Å². The van der Waals surface area contributed by atoms with Crippen LogP contribution in [0.5, 0.6) is 0 Å². The molecule has 3 aromatic rings. The number of halogens is 1. The van der Waals surface area contributed by atoms with Crippen molar-refractivity contribution in [2.75, 3.05) is 26.2 Å². The third kappa shape index (κ3) is 3.77. The maximum Gasteiger partial charge on any atom is 0.275 e. The molecule has 0 saturated carbocycles. The molecule has 0 N–H and O–H groups in total. The van der Waals surface area contributed by atoms with Gasteiger partial charge in [-0.1, -0.05) is 29.8 Å². The Balaban J connectivity index is 1.39. The molecule has 1 aromatic carbocycles. The molecule has 1 saturated heterocycles. The summed E-state index contributed by atoms with van der Waals surface area (Å²) in [5.41, 5.74) is -0.0197. The predicted molar refractivity (Wildman–Crippen MR) is 102 cm³/mol. The molecule has 0 unspecified atom stereocenters. The second kappa shape index (κ2) is 7.25. The molecule has 3 heterocycles. The number of fused-ring (bicyclic) bond motifs is 1. The van der Waals surface area contributed by atoms with Crippen LogP contribution in [0.1, 0.15) is 4.88 Å². The Morgan fingerprint density at radius 1 is 1.04 bits per heavy atom.